The number of hydrogen-bond acceptors (Lipinski definition) is 6. The molecule has 0 aromatic heterocycles. The Balaban J connectivity index is 0.000000148. The molecule has 0 radical (unpaired) electrons. The smallest absolute Gasteiger partial charge is 0.0643 e. The number of fused-ring (bicyclic) bond motifs is 2. The molecule has 40 heavy (non-hydrogen) atoms. The van der Waals surface area contributed by atoms with Gasteiger partial charge in [-0.2, -0.15) is 0 Å². The Labute approximate surface area is 238 Å². The molecule has 2 atom stereocenters. The largest absolute Gasteiger partial charge is 0.545 e. The van der Waals surface area contributed by atoms with Gasteiger partial charge in [-0.05, 0) is 112 Å². The van der Waals surface area contributed by atoms with E-state index in [9.17, 15) is 19.8 Å². The lowest BCUT2D eigenvalue weighted by atomic mass is 10.0. The van der Waals surface area contributed by atoms with Gasteiger partial charge in [0, 0.05) is 12.1 Å². The van der Waals surface area contributed by atoms with E-state index in [2.05, 4.69) is 82.6 Å². The average molecular weight is 541 g/mol. The molecule has 0 bridgehead atoms. The fourth-order valence-electron chi connectivity index (χ4n) is 5.97. The number of carboxylic acids is 2. The standard InChI is InChI=1S/2C15H19N.C4H4O4/c2*1-2-6-14-8-10-15(9-7-13(14)5-1)16-11-3-4-12-16;5-3(6)1-2-4(7)8/h2*1-2,5-7,9,15H,3-4,8,10-12H2;1-2H,(H,5,6)(H,7,8)/p-2/b;;2-1+. The first-order valence-electron chi connectivity index (χ1n) is 14.6. The van der Waals surface area contributed by atoms with Gasteiger partial charge >= 0.3 is 0 Å². The molecule has 2 heterocycles. The van der Waals surface area contributed by atoms with Crippen molar-refractivity contribution in [3.8, 4) is 0 Å². The number of aryl methyl sites for hydroxylation is 2. The van der Waals surface area contributed by atoms with Crippen molar-refractivity contribution in [2.45, 2.75) is 63.5 Å². The van der Waals surface area contributed by atoms with Gasteiger partial charge in [-0.25, -0.2) is 0 Å². The third-order valence-corrected chi connectivity index (χ3v) is 8.10. The molecule has 212 valence electrons. The summed E-state index contributed by atoms with van der Waals surface area (Å²) in [5.74, 6) is -3.09. The molecule has 0 spiro atoms. The van der Waals surface area contributed by atoms with Gasteiger partial charge in [0.05, 0.1) is 11.9 Å². The summed E-state index contributed by atoms with van der Waals surface area (Å²) in [5.41, 5.74) is 5.87. The maximum Gasteiger partial charge on any atom is 0.0643 e. The predicted octanol–water partition coefficient (Wildman–Crippen LogP) is 3.26. The molecule has 0 amide bonds. The van der Waals surface area contributed by atoms with Crippen molar-refractivity contribution in [3.63, 3.8) is 0 Å². The van der Waals surface area contributed by atoms with Gasteiger partial charge in [0.15, 0.2) is 0 Å². The van der Waals surface area contributed by atoms with Crippen molar-refractivity contribution in [2.75, 3.05) is 26.2 Å². The van der Waals surface area contributed by atoms with Crippen LogP contribution in [0.3, 0.4) is 0 Å². The van der Waals surface area contributed by atoms with Gasteiger partial charge in [0.1, 0.15) is 0 Å². The van der Waals surface area contributed by atoms with Crippen LogP contribution >= 0.6 is 0 Å². The fourth-order valence-corrected chi connectivity index (χ4v) is 5.97. The third-order valence-electron chi connectivity index (χ3n) is 8.10. The van der Waals surface area contributed by atoms with E-state index in [0.29, 0.717) is 24.2 Å². The summed E-state index contributed by atoms with van der Waals surface area (Å²) in [7, 11) is 0. The topological polar surface area (TPSA) is 86.7 Å². The molecular formula is C34H40N2O4-2. The Kier molecular flexibility index (Phi) is 11.3. The summed E-state index contributed by atoms with van der Waals surface area (Å²) < 4.78 is 0. The summed E-state index contributed by atoms with van der Waals surface area (Å²) in [6.45, 7) is 5.19. The maximum atomic E-state index is 9.41. The van der Waals surface area contributed by atoms with E-state index in [4.69, 9.17) is 0 Å². The van der Waals surface area contributed by atoms with E-state index < -0.39 is 11.9 Å². The first kappa shape index (κ1) is 29.5. The van der Waals surface area contributed by atoms with Crippen LogP contribution in [0.1, 0.15) is 60.8 Å². The molecule has 6 rings (SSSR count). The van der Waals surface area contributed by atoms with Crippen LogP contribution in [0.25, 0.3) is 12.2 Å². The molecule has 0 saturated carbocycles. The minimum Gasteiger partial charge on any atom is -0.545 e. The highest BCUT2D eigenvalue weighted by atomic mass is 16.4. The Morgan fingerprint density at radius 2 is 1.00 bits per heavy atom. The Bertz CT molecular complexity index is 1110. The van der Waals surface area contributed by atoms with E-state index in [0.717, 1.165) is 0 Å². The molecule has 6 nitrogen and oxygen atoms in total. The van der Waals surface area contributed by atoms with E-state index in [1.54, 1.807) is 0 Å². The number of carbonyl (C=O) groups is 2. The number of nitrogens with zero attached hydrogens (tertiary/aromatic N) is 2. The van der Waals surface area contributed by atoms with Gasteiger partial charge in [0.25, 0.3) is 0 Å². The van der Waals surface area contributed by atoms with E-state index in [-0.39, 0.29) is 0 Å². The van der Waals surface area contributed by atoms with Crippen LogP contribution in [-0.4, -0.2) is 60.0 Å². The lowest BCUT2D eigenvalue weighted by Gasteiger charge is -2.23. The van der Waals surface area contributed by atoms with Crippen molar-refractivity contribution in [3.05, 3.63) is 95.1 Å². The molecule has 4 aliphatic rings. The monoisotopic (exact) mass is 540 g/mol. The molecule has 2 unspecified atom stereocenters. The molecule has 0 N–H and O–H groups in total. The first-order valence-corrected chi connectivity index (χ1v) is 14.6. The number of likely N-dealkylation sites (tertiary alicyclic amines) is 2. The number of aliphatic carboxylic acids is 2. The summed E-state index contributed by atoms with van der Waals surface area (Å²) in [6, 6.07) is 18.9. The summed E-state index contributed by atoms with van der Waals surface area (Å²) in [6.07, 6.45) is 20.8. The fraction of sp³-hybridized carbons (Fsp3) is 0.412. The molecule has 6 heteroatoms. The van der Waals surface area contributed by atoms with Crippen LogP contribution in [-0.2, 0) is 22.4 Å². The van der Waals surface area contributed by atoms with Crippen molar-refractivity contribution >= 4 is 24.1 Å². The van der Waals surface area contributed by atoms with Crippen LogP contribution in [0.15, 0.2) is 72.8 Å². The second-order valence-corrected chi connectivity index (χ2v) is 10.8. The number of hydrogen-bond donors (Lipinski definition) is 0. The van der Waals surface area contributed by atoms with Crippen LogP contribution in [0.2, 0.25) is 0 Å². The van der Waals surface area contributed by atoms with Gasteiger partial charge in [0.2, 0.25) is 0 Å². The molecule has 2 aromatic rings. The molecule has 2 fully saturated rings. The van der Waals surface area contributed by atoms with Gasteiger partial charge in [-0.1, -0.05) is 72.8 Å². The van der Waals surface area contributed by atoms with Gasteiger partial charge < -0.3 is 19.8 Å². The summed E-state index contributed by atoms with van der Waals surface area (Å²) in [4.78, 5) is 24.1. The average Bonchev–Trinajstić information content (AvgIpc) is 3.61. The molecular weight excluding hydrogens is 500 g/mol. The van der Waals surface area contributed by atoms with Crippen molar-refractivity contribution in [1.82, 2.24) is 9.80 Å². The Morgan fingerprint density at radius 3 is 1.38 bits per heavy atom. The van der Waals surface area contributed by atoms with Gasteiger partial charge in [-0.15, -0.1) is 0 Å². The lowest BCUT2D eigenvalue weighted by Crippen LogP contribution is -2.31. The van der Waals surface area contributed by atoms with E-state index in [1.165, 1.54) is 99.8 Å². The number of rotatable bonds is 4. The molecule has 2 aromatic carbocycles. The molecule has 2 aliphatic heterocycles. The predicted molar refractivity (Wildman–Crippen MR) is 156 cm³/mol. The zero-order valence-electron chi connectivity index (χ0n) is 23.3. The van der Waals surface area contributed by atoms with Crippen LogP contribution < -0.4 is 10.2 Å². The quantitative estimate of drug-likeness (QED) is 0.554. The van der Waals surface area contributed by atoms with Crippen molar-refractivity contribution in [1.29, 1.82) is 0 Å². The normalized spacial score (nSPS) is 22.2. The highest BCUT2D eigenvalue weighted by Crippen LogP contribution is 2.25. The third kappa shape index (κ3) is 9.04. The number of carbonyl (C=O) groups excluding carboxylic acids is 2. The van der Waals surface area contributed by atoms with E-state index >= 15 is 0 Å². The van der Waals surface area contributed by atoms with Crippen molar-refractivity contribution < 1.29 is 19.8 Å². The second kappa shape index (κ2) is 15.3. The Hall–Kier alpha value is -3.48. The van der Waals surface area contributed by atoms with Crippen molar-refractivity contribution in [2.24, 2.45) is 0 Å². The summed E-state index contributed by atoms with van der Waals surface area (Å²) in [5, 5.41) is 18.8. The second-order valence-electron chi connectivity index (χ2n) is 10.8. The van der Waals surface area contributed by atoms with Crippen LogP contribution in [0, 0.1) is 0 Å². The van der Waals surface area contributed by atoms with Crippen LogP contribution in [0.4, 0.5) is 0 Å². The maximum absolute atomic E-state index is 9.41. The lowest BCUT2D eigenvalue weighted by molar-refractivity contribution is -0.301. The van der Waals surface area contributed by atoms with Crippen LogP contribution in [0.5, 0.6) is 0 Å². The minimum absolute atomic E-state index is 0.384. The SMILES string of the molecule is C1=CC(N2CCCC2)CCc2ccccc21.C1=CC(N2CCCC2)CCc2ccccc21.O=C([O-])/C=C/C(=O)[O-]. The Morgan fingerprint density at radius 1 is 0.625 bits per heavy atom. The number of benzene rings is 2. The minimum atomic E-state index is -1.55. The highest BCUT2D eigenvalue weighted by Gasteiger charge is 2.22. The zero-order valence-corrected chi connectivity index (χ0v) is 23.3. The summed E-state index contributed by atoms with van der Waals surface area (Å²) >= 11 is 0. The van der Waals surface area contributed by atoms with E-state index in [1.807, 2.05) is 0 Å². The van der Waals surface area contributed by atoms with Gasteiger partial charge in [-0.3, -0.25) is 9.80 Å². The highest BCUT2D eigenvalue weighted by molar-refractivity contribution is 5.87. The molecule has 2 saturated heterocycles. The zero-order chi connectivity index (χ0) is 28.2. The number of carboxylic acid groups (broad SMARTS) is 2. The molecule has 2 aliphatic carbocycles. The first-order chi connectivity index (χ1) is 19.5.